The summed E-state index contributed by atoms with van der Waals surface area (Å²) in [6.07, 6.45) is 1.67. The van der Waals surface area contributed by atoms with Crippen LogP contribution in [0.15, 0.2) is 18.3 Å². The lowest BCUT2D eigenvalue weighted by molar-refractivity contribution is -0.144. The van der Waals surface area contributed by atoms with E-state index in [1.54, 1.807) is 20.2 Å². The summed E-state index contributed by atoms with van der Waals surface area (Å²) in [6.45, 7) is 3.05. The second kappa shape index (κ2) is 6.85. The van der Waals surface area contributed by atoms with E-state index in [0.29, 0.717) is 19.0 Å². The maximum atomic E-state index is 11.3. The summed E-state index contributed by atoms with van der Waals surface area (Å²) in [5.74, 6) is 0.362. The maximum Gasteiger partial charge on any atom is 0.320 e. The average Bonchev–Trinajstić information content (AvgIpc) is 2.29. The molecule has 1 aromatic rings. The van der Waals surface area contributed by atoms with Gasteiger partial charge in [0.25, 0.3) is 0 Å². The molecule has 0 radical (unpaired) electrons. The highest BCUT2D eigenvalue weighted by atomic mass is 16.5. The highest BCUT2D eigenvalue weighted by molar-refractivity contribution is 5.71. The monoisotopic (exact) mass is 238 g/mol. The number of rotatable bonds is 6. The maximum absolute atomic E-state index is 11.3. The number of hydrogen-bond donors (Lipinski definition) is 0. The van der Waals surface area contributed by atoms with Crippen LogP contribution in [0, 0.1) is 0 Å². The van der Waals surface area contributed by atoms with Gasteiger partial charge in [-0.3, -0.25) is 9.69 Å². The van der Waals surface area contributed by atoms with Crippen molar-refractivity contribution in [2.75, 3.05) is 27.3 Å². The van der Waals surface area contributed by atoms with Crippen molar-refractivity contribution in [1.29, 1.82) is 0 Å². The molecule has 0 N–H and O–H groups in total. The van der Waals surface area contributed by atoms with Gasteiger partial charge in [0.2, 0.25) is 5.88 Å². The van der Waals surface area contributed by atoms with E-state index in [-0.39, 0.29) is 12.5 Å². The first-order valence-corrected chi connectivity index (χ1v) is 5.49. The first kappa shape index (κ1) is 13.4. The fourth-order valence-electron chi connectivity index (χ4n) is 1.50. The first-order valence-electron chi connectivity index (χ1n) is 5.49. The topological polar surface area (TPSA) is 51.7 Å². The van der Waals surface area contributed by atoms with Gasteiger partial charge in [-0.2, -0.15) is 0 Å². The molecule has 5 heteroatoms. The van der Waals surface area contributed by atoms with Crippen LogP contribution in [0.2, 0.25) is 0 Å². The predicted molar refractivity (Wildman–Crippen MR) is 63.8 cm³/mol. The molecule has 0 spiro atoms. The molecule has 0 unspecified atom stereocenters. The summed E-state index contributed by atoms with van der Waals surface area (Å²) >= 11 is 0. The number of carbonyl (C=O) groups excluding carboxylic acids is 1. The Hall–Kier alpha value is -1.62. The summed E-state index contributed by atoms with van der Waals surface area (Å²) in [6, 6.07) is 3.77. The van der Waals surface area contributed by atoms with Gasteiger partial charge in [-0.05, 0) is 20.0 Å². The molecule has 0 aliphatic carbocycles. The third kappa shape index (κ3) is 4.40. The lowest BCUT2D eigenvalue weighted by Gasteiger charge is -2.16. The molecule has 0 aliphatic heterocycles. The van der Waals surface area contributed by atoms with Crippen LogP contribution in [0.5, 0.6) is 5.88 Å². The minimum absolute atomic E-state index is 0.224. The lowest BCUT2D eigenvalue weighted by atomic mass is 10.2. The second-order valence-electron chi connectivity index (χ2n) is 3.65. The third-order valence-electron chi connectivity index (χ3n) is 2.19. The van der Waals surface area contributed by atoms with E-state index in [9.17, 15) is 4.79 Å². The Kier molecular flexibility index (Phi) is 5.42. The van der Waals surface area contributed by atoms with Gasteiger partial charge in [0.05, 0.1) is 20.3 Å². The number of aromatic nitrogens is 1. The van der Waals surface area contributed by atoms with E-state index < -0.39 is 0 Å². The minimum Gasteiger partial charge on any atom is -0.481 e. The fourth-order valence-corrected chi connectivity index (χ4v) is 1.50. The van der Waals surface area contributed by atoms with Crippen LogP contribution in [0.3, 0.4) is 0 Å². The third-order valence-corrected chi connectivity index (χ3v) is 2.19. The number of likely N-dealkylation sites (N-methyl/N-ethyl adjacent to an activating group) is 1. The van der Waals surface area contributed by atoms with Gasteiger partial charge in [0.1, 0.15) is 0 Å². The zero-order valence-electron chi connectivity index (χ0n) is 10.5. The molecule has 0 aliphatic rings. The van der Waals surface area contributed by atoms with E-state index in [2.05, 4.69) is 4.98 Å². The molecule has 1 heterocycles. The summed E-state index contributed by atoms with van der Waals surface area (Å²) in [5, 5.41) is 0. The number of nitrogens with zero attached hydrogens (tertiary/aromatic N) is 2. The molecule has 0 atom stereocenters. The van der Waals surface area contributed by atoms with Crippen molar-refractivity contribution >= 4 is 5.97 Å². The predicted octanol–water partition coefficient (Wildman–Crippen LogP) is 1.09. The highest BCUT2D eigenvalue weighted by Gasteiger charge is 2.10. The van der Waals surface area contributed by atoms with E-state index in [0.717, 1.165) is 5.56 Å². The van der Waals surface area contributed by atoms with Crippen LogP contribution >= 0.6 is 0 Å². The number of carbonyl (C=O) groups is 1. The Labute approximate surface area is 101 Å². The number of esters is 1. The molecule has 0 fully saturated rings. The van der Waals surface area contributed by atoms with Gasteiger partial charge in [-0.25, -0.2) is 4.98 Å². The van der Waals surface area contributed by atoms with Crippen LogP contribution in [0.1, 0.15) is 12.5 Å². The molecule has 0 amide bonds. The SMILES string of the molecule is CCOC(=O)CN(C)Cc1cccnc1OC. The first-order chi connectivity index (χ1) is 8.17. The molecule has 0 aromatic carbocycles. The minimum atomic E-state index is -0.224. The van der Waals surface area contributed by atoms with Crippen molar-refractivity contribution in [3.05, 3.63) is 23.9 Å². The van der Waals surface area contributed by atoms with Crippen molar-refractivity contribution in [2.24, 2.45) is 0 Å². The van der Waals surface area contributed by atoms with Gasteiger partial charge >= 0.3 is 5.97 Å². The Morgan fingerprint density at radius 3 is 2.94 bits per heavy atom. The lowest BCUT2D eigenvalue weighted by Crippen LogP contribution is -2.27. The van der Waals surface area contributed by atoms with Crippen molar-refractivity contribution in [3.63, 3.8) is 0 Å². The Morgan fingerprint density at radius 1 is 1.53 bits per heavy atom. The second-order valence-corrected chi connectivity index (χ2v) is 3.65. The van der Waals surface area contributed by atoms with Crippen LogP contribution in [0.4, 0.5) is 0 Å². The van der Waals surface area contributed by atoms with Gasteiger partial charge in [-0.15, -0.1) is 0 Å². The van der Waals surface area contributed by atoms with E-state index in [4.69, 9.17) is 9.47 Å². The van der Waals surface area contributed by atoms with Crippen LogP contribution in [-0.4, -0.2) is 43.2 Å². The normalized spacial score (nSPS) is 10.4. The number of ether oxygens (including phenoxy) is 2. The largest absolute Gasteiger partial charge is 0.481 e. The van der Waals surface area contributed by atoms with E-state index in [1.165, 1.54) is 0 Å². The number of pyridine rings is 1. The van der Waals surface area contributed by atoms with Crippen LogP contribution in [0.25, 0.3) is 0 Å². The molecule has 1 aromatic heterocycles. The van der Waals surface area contributed by atoms with E-state index in [1.807, 2.05) is 24.1 Å². The van der Waals surface area contributed by atoms with Gasteiger partial charge < -0.3 is 9.47 Å². The molecule has 5 nitrogen and oxygen atoms in total. The quantitative estimate of drug-likeness (QED) is 0.694. The Balaban J connectivity index is 2.55. The standard InChI is InChI=1S/C12H18N2O3/c1-4-17-11(15)9-14(2)8-10-6-5-7-13-12(10)16-3/h5-7H,4,8-9H2,1-3H3. The summed E-state index contributed by atoms with van der Waals surface area (Å²) < 4.78 is 10.0. The fraction of sp³-hybridized carbons (Fsp3) is 0.500. The molecular formula is C12H18N2O3. The average molecular weight is 238 g/mol. The van der Waals surface area contributed by atoms with Gasteiger partial charge in [-0.1, -0.05) is 6.07 Å². The number of methoxy groups -OCH3 is 1. The molecular weight excluding hydrogens is 220 g/mol. The summed E-state index contributed by atoms with van der Waals surface area (Å²) in [5.41, 5.74) is 0.946. The van der Waals surface area contributed by atoms with Crippen molar-refractivity contribution in [3.8, 4) is 5.88 Å². The molecule has 0 bridgehead atoms. The number of hydrogen-bond acceptors (Lipinski definition) is 5. The Bertz CT molecular complexity index is 369. The van der Waals surface area contributed by atoms with Crippen molar-refractivity contribution in [1.82, 2.24) is 9.88 Å². The molecule has 17 heavy (non-hydrogen) atoms. The van der Waals surface area contributed by atoms with Crippen LogP contribution < -0.4 is 4.74 Å². The zero-order valence-corrected chi connectivity index (χ0v) is 10.5. The highest BCUT2D eigenvalue weighted by Crippen LogP contribution is 2.15. The molecule has 0 saturated carbocycles. The van der Waals surface area contributed by atoms with Crippen molar-refractivity contribution in [2.45, 2.75) is 13.5 Å². The van der Waals surface area contributed by atoms with E-state index >= 15 is 0 Å². The molecule has 0 saturated heterocycles. The zero-order chi connectivity index (χ0) is 12.7. The van der Waals surface area contributed by atoms with Gasteiger partial charge in [0, 0.05) is 18.3 Å². The van der Waals surface area contributed by atoms with Gasteiger partial charge in [0.15, 0.2) is 0 Å². The van der Waals surface area contributed by atoms with Crippen LogP contribution in [-0.2, 0) is 16.1 Å². The van der Waals surface area contributed by atoms with Crippen molar-refractivity contribution < 1.29 is 14.3 Å². The summed E-state index contributed by atoms with van der Waals surface area (Å²) in [4.78, 5) is 17.2. The smallest absolute Gasteiger partial charge is 0.320 e. The Morgan fingerprint density at radius 2 is 2.29 bits per heavy atom. The molecule has 1 rings (SSSR count). The molecule has 94 valence electrons. The summed E-state index contributed by atoms with van der Waals surface area (Å²) in [7, 11) is 3.43.